The van der Waals surface area contributed by atoms with Crippen LogP contribution in [0.15, 0.2) is 40.2 Å². The van der Waals surface area contributed by atoms with Crippen molar-refractivity contribution in [2.75, 3.05) is 19.6 Å². The Morgan fingerprint density at radius 2 is 1.81 bits per heavy atom. The standard InChI is InChI=1S/C32H46FN7O2/c1-22-26(12-13-29(33)39-22)27-17-24(21-38-32-34-15-16-35-32)18-28(31(42)37-20-23-11-14-30(41)36-19-23)40(27)25-9-7-5-3-2-4-6-8-10-25/h11-14,19,24-25,27-28H,2-10,15-18,20-21H2,1H3,(H,36,41)(H,37,42)(H2,34,35,38). The van der Waals surface area contributed by atoms with Gasteiger partial charge in [0.15, 0.2) is 5.96 Å². The summed E-state index contributed by atoms with van der Waals surface area (Å²) in [6.07, 6.45) is 13.9. The molecule has 2 fully saturated rings. The van der Waals surface area contributed by atoms with Gasteiger partial charge in [-0.05, 0) is 55.7 Å². The quantitative estimate of drug-likeness (QED) is 0.368. The second kappa shape index (κ2) is 14.8. The maximum atomic E-state index is 14.2. The van der Waals surface area contributed by atoms with E-state index in [0.29, 0.717) is 18.8 Å². The smallest absolute Gasteiger partial charge is 0.247 e. The van der Waals surface area contributed by atoms with E-state index >= 15 is 0 Å². The van der Waals surface area contributed by atoms with Gasteiger partial charge in [-0.15, -0.1) is 0 Å². The lowest BCUT2D eigenvalue weighted by molar-refractivity contribution is -0.133. The minimum absolute atomic E-state index is 0.00273. The van der Waals surface area contributed by atoms with Crippen molar-refractivity contribution in [2.45, 2.75) is 102 Å². The monoisotopic (exact) mass is 579 g/mol. The lowest BCUT2D eigenvalue weighted by Crippen LogP contribution is -2.57. The summed E-state index contributed by atoms with van der Waals surface area (Å²) in [5.74, 6) is 0.553. The fourth-order valence-electron chi connectivity index (χ4n) is 6.99. The lowest BCUT2D eigenvalue weighted by Gasteiger charge is -2.49. The number of hydrogen-bond acceptors (Lipinski definition) is 7. The van der Waals surface area contributed by atoms with Crippen LogP contribution in [-0.2, 0) is 11.3 Å². The first-order valence-electron chi connectivity index (χ1n) is 15.9. The fourth-order valence-corrected chi connectivity index (χ4v) is 6.99. The summed E-state index contributed by atoms with van der Waals surface area (Å²) in [5.41, 5.74) is 2.38. The Bertz CT molecular complexity index is 1250. The Morgan fingerprint density at radius 1 is 1.05 bits per heavy atom. The number of hydrogen-bond donors (Lipinski definition) is 4. The molecule has 1 saturated carbocycles. The zero-order chi connectivity index (χ0) is 29.3. The van der Waals surface area contributed by atoms with E-state index in [4.69, 9.17) is 0 Å². The molecule has 1 saturated heterocycles. The molecule has 4 heterocycles. The molecule has 42 heavy (non-hydrogen) atoms. The SMILES string of the molecule is Cc1nc(F)ccc1C1CC(CNC2=NCCN2)CC(C(=O)NCc2ccc(=O)[nH]c2)N1C1CCCCCCCCC1. The predicted octanol–water partition coefficient (Wildman–Crippen LogP) is 4.10. The van der Waals surface area contributed by atoms with E-state index in [2.05, 4.69) is 35.8 Å². The average molecular weight is 580 g/mol. The number of carbonyl (C=O) groups excluding carboxylic acids is 1. The summed E-state index contributed by atoms with van der Waals surface area (Å²) >= 11 is 0. The maximum absolute atomic E-state index is 14.2. The summed E-state index contributed by atoms with van der Waals surface area (Å²) in [4.78, 5) is 39.6. The van der Waals surface area contributed by atoms with Gasteiger partial charge in [-0.25, -0.2) is 4.98 Å². The number of aryl methyl sites for hydroxylation is 1. The van der Waals surface area contributed by atoms with Gasteiger partial charge in [0.1, 0.15) is 0 Å². The highest BCUT2D eigenvalue weighted by Gasteiger charge is 2.43. The van der Waals surface area contributed by atoms with Crippen molar-refractivity contribution < 1.29 is 9.18 Å². The van der Waals surface area contributed by atoms with Crippen LogP contribution in [0, 0.1) is 18.8 Å². The van der Waals surface area contributed by atoms with Gasteiger partial charge in [0.25, 0.3) is 0 Å². The van der Waals surface area contributed by atoms with Crippen LogP contribution in [0.25, 0.3) is 0 Å². The van der Waals surface area contributed by atoms with E-state index in [1.54, 1.807) is 12.3 Å². The third-order valence-corrected chi connectivity index (χ3v) is 9.13. The maximum Gasteiger partial charge on any atom is 0.247 e. The molecule has 0 aromatic carbocycles. The highest BCUT2D eigenvalue weighted by Crippen LogP contribution is 2.42. The van der Waals surface area contributed by atoms with Crippen LogP contribution in [0.3, 0.4) is 0 Å². The van der Waals surface area contributed by atoms with Crippen molar-refractivity contribution in [1.82, 2.24) is 30.8 Å². The van der Waals surface area contributed by atoms with Crippen molar-refractivity contribution in [1.29, 1.82) is 0 Å². The van der Waals surface area contributed by atoms with Crippen molar-refractivity contribution in [3.8, 4) is 0 Å². The Balaban J connectivity index is 1.46. The van der Waals surface area contributed by atoms with Gasteiger partial charge in [-0.1, -0.05) is 57.1 Å². The molecule has 228 valence electrons. The first kappa shape index (κ1) is 30.2. The molecule has 1 aliphatic carbocycles. The van der Waals surface area contributed by atoms with Crippen LogP contribution in [0.1, 0.15) is 93.5 Å². The number of aromatic nitrogens is 2. The summed E-state index contributed by atoms with van der Waals surface area (Å²) in [6, 6.07) is 6.44. The number of amides is 1. The number of H-pyrrole nitrogens is 1. The Hall–Kier alpha value is -3.27. The van der Waals surface area contributed by atoms with Crippen molar-refractivity contribution in [3.05, 3.63) is 63.6 Å². The number of likely N-dealkylation sites (tertiary alicyclic amines) is 1. The van der Waals surface area contributed by atoms with Gasteiger partial charge in [-0.3, -0.25) is 19.5 Å². The van der Waals surface area contributed by atoms with E-state index in [1.165, 1.54) is 44.2 Å². The molecule has 0 spiro atoms. The van der Waals surface area contributed by atoms with Gasteiger partial charge in [-0.2, -0.15) is 4.39 Å². The third kappa shape index (κ3) is 7.96. The predicted molar refractivity (Wildman–Crippen MR) is 163 cm³/mol. The van der Waals surface area contributed by atoms with Crippen molar-refractivity contribution in [2.24, 2.45) is 10.9 Å². The van der Waals surface area contributed by atoms with E-state index in [0.717, 1.165) is 68.7 Å². The molecule has 3 unspecified atom stereocenters. The first-order valence-corrected chi connectivity index (χ1v) is 15.9. The summed E-state index contributed by atoms with van der Waals surface area (Å²) in [6.45, 7) is 4.53. The van der Waals surface area contributed by atoms with Gasteiger partial charge in [0.2, 0.25) is 17.4 Å². The number of aromatic amines is 1. The number of pyridine rings is 2. The molecule has 2 aromatic heterocycles. The number of halogens is 1. The number of nitrogens with one attached hydrogen (secondary N) is 4. The zero-order valence-corrected chi connectivity index (χ0v) is 24.8. The van der Waals surface area contributed by atoms with Crippen LogP contribution in [0.5, 0.6) is 0 Å². The summed E-state index contributed by atoms with van der Waals surface area (Å²) < 4.78 is 14.2. The van der Waals surface area contributed by atoms with Crippen LogP contribution in [0.2, 0.25) is 0 Å². The third-order valence-electron chi connectivity index (χ3n) is 9.13. The highest BCUT2D eigenvalue weighted by molar-refractivity contribution is 5.82. The van der Waals surface area contributed by atoms with Gasteiger partial charge in [0.05, 0.1) is 12.6 Å². The minimum Gasteiger partial charge on any atom is -0.356 e. The first-order chi connectivity index (χ1) is 20.5. The van der Waals surface area contributed by atoms with Crippen LogP contribution >= 0.6 is 0 Å². The summed E-state index contributed by atoms with van der Waals surface area (Å²) in [7, 11) is 0. The van der Waals surface area contributed by atoms with Gasteiger partial charge < -0.3 is 20.9 Å². The molecule has 2 aromatic rings. The Labute approximate surface area is 248 Å². The highest BCUT2D eigenvalue weighted by atomic mass is 19.1. The van der Waals surface area contributed by atoms with E-state index in [1.807, 2.05) is 13.0 Å². The molecule has 0 radical (unpaired) electrons. The number of piperidine rings is 1. The number of rotatable bonds is 7. The number of aliphatic imine (C=N–C) groups is 1. The number of guanidine groups is 1. The van der Waals surface area contributed by atoms with Gasteiger partial charge in [0, 0.05) is 49.7 Å². The fraction of sp³-hybridized carbons (Fsp3) is 0.625. The normalized spacial score (nSPS) is 24.4. The van der Waals surface area contributed by atoms with E-state index in [-0.39, 0.29) is 35.5 Å². The molecular formula is C32H46FN7O2. The molecule has 5 rings (SSSR count). The lowest BCUT2D eigenvalue weighted by atomic mass is 9.79. The Kier molecular flexibility index (Phi) is 10.6. The van der Waals surface area contributed by atoms with E-state index < -0.39 is 5.95 Å². The van der Waals surface area contributed by atoms with E-state index in [9.17, 15) is 14.0 Å². The molecule has 4 N–H and O–H groups in total. The molecule has 1 amide bonds. The Morgan fingerprint density at radius 3 is 2.48 bits per heavy atom. The zero-order valence-electron chi connectivity index (χ0n) is 24.8. The van der Waals surface area contributed by atoms with Gasteiger partial charge >= 0.3 is 0 Å². The van der Waals surface area contributed by atoms with Crippen LogP contribution in [0.4, 0.5) is 4.39 Å². The summed E-state index contributed by atoms with van der Waals surface area (Å²) in [5, 5.41) is 9.95. The van der Waals surface area contributed by atoms with Crippen LogP contribution in [-0.4, -0.2) is 58.5 Å². The molecule has 10 heteroatoms. The second-order valence-electron chi connectivity index (χ2n) is 12.1. The molecule has 3 atom stereocenters. The molecular weight excluding hydrogens is 533 g/mol. The second-order valence-corrected chi connectivity index (χ2v) is 12.1. The van der Waals surface area contributed by atoms with Crippen molar-refractivity contribution in [3.63, 3.8) is 0 Å². The van der Waals surface area contributed by atoms with Crippen molar-refractivity contribution >= 4 is 11.9 Å². The largest absolute Gasteiger partial charge is 0.356 e. The molecule has 9 nitrogen and oxygen atoms in total. The topological polar surface area (TPSA) is 115 Å². The average Bonchev–Trinajstić information content (AvgIpc) is 3.52. The molecule has 3 aliphatic rings. The minimum atomic E-state index is -0.476. The number of carbonyl (C=O) groups is 1. The molecule has 0 bridgehead atoms. The molecule has 2 aliphatic heterocycles. The van der Waals surface area contributed by atoms with Crippen LogP contribution < -0.4 is 21.5 Å². The number of nitrogens with zero attached hydrogens (tertiary/aromatic N) is 3.